The molecule has 0 aliphatic carbocycles. The van der Waals surface area contributed by atoms with Gasteiger partial charge in [-0.2, -0.15) is 0 Å². The summed E-state index contributed by atoms with van der Waals surface area (Å²) < 4.78 is 28.6. The molecule has 1 N–H and O–H groups in total. The standard InChI is InChI=1S/C15H18BrNO2S2/c1-9-5-6-13(10(2)7-9)11(3)17-21(18,19)14-8-15(16)20-12(14)4/h5-8,11,17H,1-4H3. The first kappa shape index (κ1) is 16.7. The number of sulfonamides is 1. The zero-order valence-electron chi connectivity index (χ0n) is 12.4. The van der Waals surface area contributed by atoms with Gasteiger partial charge in [-0.1, -0.05) is 23.8 Å². The minimum atomic E-state index is -3.51. The van der Waals surface area contributed by atoms with E-state index >= 15 is 0 Å². The fraction of sp³-hybridized carbons (Fsp3) is 0.333. The Morgan fingerprint density at radius 3 is 2.38 bits per heavy atom. The summed E-state index contributed by atoms with van der Waals surface area (Å²) in [6.07, 6.45) is 0. The van der Waals surface area contributed by atoms with Crippen LogP contribution in [0.2, 0.25) is 0 Å². The van der Waals surface area contributed by atoms with Gasteiger partial charge >= 0.3 is 0 Å². The third kappa shape index (κ3) is 3.74. The van der Waals surface area contributed by atoms with Crippen molar-refractivity contribution in [1.82, 2.24) is 4.72 Å². The molecule has 0 saturated carbocycles. The van der Waals surface area contributed by atoms with Crippen molar-refractivity contribution in [2.45, 2.75) is 38.6 Å². The van der Waals surface area contributed by atoms with Crippen molar-refractivity contribution in [1.29, 1.82) is 0 Å². The summed E-state index contributed by atoms with van der Waals surface area (Å²) in [6.45, 7) is 7.70. The highest BCUT2D eigenvalue weighted by Gasteiger charge is 2.22. The smallest absolute Gasteiger partial charge is 0.207 e. The van der Waals surface area contributed by atoms with Crippen LogP contribution in [-0.4, -0.2) is 8.42 Å². The number of thiophene rings is 1. The van der Waals surface area contributed by atoms with Crippen LogP contribution in [0.1, 0.15) is 34.5 Å². The highest BCUT2D eigenvalue weighted by atomic mass is 79.9. The van der Waals surface area contributed by atoms with Gasteiger partial charge in [0.15, 0.2) is 0 Å². The van der Waals surface area contributed by atoms with Crippen LogP contribution >= 0.6 is 27.3 Å². The Kier molecular flexibility index (Phi) is 4.92. The maximum absolute atomic E-state index is 12.5. The molecule has 0 fully saturated rings. The fourth-order valence-corrected chi connectivity index (χ4v) is 6.01. The van der Waals surface area contributed by atoms with Crippen molar-refractivity contribution in [3.05, 3.63) is 49.6 Å². The predicted molar refractivity (Wildman–Crippen MR) is 91.4 cm³/mol. The molecule has 2 aromatic rings. The normalized spacial score (nSPS) is 13.4. The van der Waals surface area contributed by atoms with E-state index in [1.165, 1.54) is 16.9 Å². The lowest BCUT2D eigenvalue weighted by molar-refractivity contribution is 0.566. The van der Waals surface area contributed by atoms with Crippen LogP contribution in [0.4, 0.5) is 0 Å². The van der Waals surface area contributed by atoms with E-state index in [0.29, 0.717) is 4.90 Å². The van der Waals surface area contributed by atoms with Gasteiger partial charge in [-0.15, -0.1) is 11.3 Å². The van der Waals surface area contributed by atoms with Gasteiger partial charge in [0.2, 0.25) is 10.0 Å². The zero-order chi connectivity index (χ0) is 15.8. The van der Waals surface area contributed by atoms with E-state index < -0.39 is 10.0 Å². The lowest BCUT2D eigenvalue weighted by Gasteiger charge is -2.17. The molecular weight excluding hydrogens is 370 g/mol. The first-order valence-electron chi connectivity index (χ1n) is 6.56. The van der Waals surface area contributed by atoms with E-state index in [2.05, 4.69) is 26.7 Å². The Balaban J connectivity index is 2.30. The topological polar surface area (TPSA) is 46.2 Å². The monoisotopic (exact) mass is 387 g/mol. The van der Waals surface area contributed by atoms with Crippen LogP contribution in [0.15, 0.2) is 32.9 Å². The molecule has 1 aromatic carbocycles. The van der Waals surface area contributed by atoms with E-state index in [1.54, 1.807) is 6.07 Å². The van der Waals surface area contributed by atoms with Crippen molar-refractivity contribution in [2.24, 2.45) is 0 Å². The number of halogens is 1. The highest BCUT2D eigenvalue weighted by Crippen LogP contribution is 2.30. The summed E-state index contributed by atoms with van der Waals surface area (Å²) in [6, 6.07) is 7.42. The van der Waals surface area contributed by atoms with E-state index in [0.717, 1.165) is 19.8 Å². The molecule has 0 amide bonds. The molecule has 1 heterocycles. The third-order valence-electron chi connectivity index (χ3n) is 3.36. The molecule has 0 spiro atoms. The molecule has 3 nitrogen and oxygen atoms in total. The number of hydrogen-bond acceptors (Lipinski definition) is 3. The van der Waals surface area contributed by atoms with E-state index in [1.807, 2.05) is 39.8 Å². The Morgan fingerprint density at radius 2 is 1.86 bits per heavy atom. The molecule has 0 radical (unpaired) electrons. The minimum absolute atomic E-state index is 0.270. The molecule has 6 heteroatoms. The summed E-state index contributed by atoms with van der Waals surface area (Å²) in [7, 11) is -3.51. The van der Waals surface area contributed by atoms with E-state index in [-0.39, 0.29) is 6.04 Å². The maximum atomic E-state index is 12.5. The second kappa shape index (κ2) is 6.20. The van der Waals surface area contributed by atoms with Crippen LogP contribution in [0, 0.1) is 20.8 Å². The molecule has 0 saturated heterocycles. The first-order chi connectivity index (χ1) is 9.70. The number of aryl methyl sites for hydroxylation is 3. The lowest BCUT2D eigenvalue weighted by atomic mass is 10.0. The van der Waals surface area contributed by atoms with Crippen molar-refractivity contribution in [3.8, 4) is 0 Å². The van der Waals surface area contributed by atoms with Gasteiger partial charge in [0.25, 0.3) is 0 Å². The molecule has 0 aliphatic heterocycles. The van der Waals surface area contributed by atoms with Crippen LogP contribution in [-0.2, 0) is 10.0 Å². The average Bonchev–Trinajstić information content (AvgIpc) is 2.68. The average molecular weight is 388 g/mol. The second-order valence-corrected chi connectivity index (χ2v) is 9.49. The third-order valence-corrected chi connectivity index (χ3v) is 6.71. The van der Waals surface area contributed by atoms with Crippen LogP contribution in [0.5, 0.6) is 0 Å². The predicted octanol–water partition coefficient (Wildman–Crippen LogP) is 4.48. The van der Waals surface area contributed by atoms with E-state index in [4.69, 9.17) is 0 Å². The second-order valence-electron chi connectivity index (χ2n) is 5.17. The van der Waals surface area contributed by atoms with Crippen molar-refractivity contribution in [3.63, 3.8) is 0 Å². The molecule has 2 rings (SSSR count). The fourth-order valence-electron chi connectivity index (χ4n) is 2.37. The van der Waals surface area contributed by atoms with Gasteiger partial charge in [0.05, 0.1) is 8.68 Å². The first-order valence-corrected chi connectivity index (χ1v) is 9.65. The SMILES string of the molecule is Cc1ccc(C(C)NS(=O)(=O)c2cc(Br)sc2C)c(C)c1. The maximum Gasteiger partial charge on any atom is 0.242 e. The van der Waals surface area contributed by atoms with Gasteiger partial charge in [-0.25, -0.2) is 13.1 Å². The summed E-state index contributed by atoms with van der Waals surface area (Å²) in [4.78, 5) is 1.12. The van der Waals surface area contributed by atoms with Gasteiger partial charge in [0.1, 0.15) is 0 Å². The molecular formula is C15H18BrNO2S2. The summed E-state index contributed by atoms with van der Waals surface area (Å²) in [5.74, 6) is 0. The molecule has 0 aliphatic rings. The van der Waals surface area contributed by atoms with Gasteiger partial charge in [-0.05, 0) is 60.8 Å². The highest BCUT2D eigenvalue weighted by molar-refractivity contribution is 9.11. The Labute approximate surface area is 138 Å². The zero-order valence-corrected chi connectivity index (χ0v) is 15.6. The number of nitrogens with one attached hydrogen (secondary N) is 1. The largest absolute Gasteiger partial charge is 0.242 e. The van der Waals surface area contributed by atoms with E-state index in [9.17, 15) is 8.42 Å². The Morgan fingerprint density at radius 1 is 1.19 bits per heavy atom. The van der Waals surface area contributed by atoms with Crippen molar-refractivity contribution in [2.75, 3.05) is 0 Å². The summed E-state index contributed by atoms with van der Waals surface area (Å²) >= 11 is 4.75. The number of benzene rings is 1. The van der Waals surface area contributed by atoms with Gasteiger partial charge < -0.3 is 0 Å². The molecule has 1 aromatic heterocycles. The molecule has 1 atom stereocenters. The number of hydrogen-bond donors (Lipinski definition) is 1. The van der Waals surface area contributed by atoms with Crippen LogP contribution in [0.25, 0.3) is 0 Å². The molecule has 1 unspecified atom stereocenters. The molecule has 114 valence electrons. The van der Waals surface area contributed by atoms with Gasteiger partial charge in [0, 0.05) is 10.9 Å². The number of rotatable bonds is 4. The summed E-state index contributed by atoms with van der Waals surface area (Å²) in [5, 5.41) is 0. The lowest BCUT2D eigenvalue weighted by Crippen LogP contribution is -2.27. The minimum Gasteiger partial charge on any atom is -0.207 e. The molecule has 0 bridgehead atoms. The van der Waals surface area contributed by atoms with Crippen molar-refractivity contribution < 1.29 is 8.42 Å². The quantitative estimate of drug-likeness (QED) is 0.840. The van der Waals surface area contributed by atoms with Crippen LogP contribution < -0.4 is 4.72 Å². The molecule has 21 heavy (non-hydrogen) atoms. The van der Waals surface area contributed by atoms with Crippen molar-refractivity contribution >= 4 is 37.3 Å². The van der Waals surface area contributed by atoms with Gasteiger partial charge in [-0.3, -0.25) is 0 Å². The Hall–Kier alpha value is -0.690. The van der Waals surface area contributed by atoms with Crippen LogP contribution in [0.3, 0.4) is 0 Å². The Bertz CT molecular complexity index is 766. The summed E-state index contributed by atoms with van der Waals surface area (Å²) in [5.41, 5.74) is 3.26.